The minimum absolute atomic E-state index is 0.0331. The van der Waals surface area contributed by atoms with Crippen molar-refractivity contribution in [2.24, 2.45) is 0 Å². The van der Waals surface area contributed by atoms with Crippen LogP contribution in [0.4, 0.5) is 8.78 Å². The highest BCUT2D eigenvalue weighted by Crippen LogP contribution is 2.30. The molecule has 0 saturated carbocycles. The SMILES string of the molecule is O=C(O)C=Cc1ccc(OOCc2ccc(F)cc2)c(OOCc2ccc(F)cc2)c1. The van der Waals surface area contributed by atoms with Crippen LogP contribution in [0.25, 0.3) is 6.08 Å². The van der Waals surface area contributed by atoms with E-state index >= 15 is 0 Å². The number of rotatable bonds is 10. The van der Waals surface area contributed by atoms with Crippen molar-refractivity contribution in [3.8, 4) is 11.5 Å². The fourth-order valence-corrected chi connectivity index (χ4v) is 2.41. The van der Waals surface area contributed by atoms with Crippen LogP contribution in [0.1, 0.15) is 16.7 Å². The minimum Gasteiger partial charge on any atom is -0.478 e. The molecule has 0 heterocycles. The monoisotopic (exact) mass is 428 g/mol. The quantitative estimate of drug-likeness (QED) is 0.276. The Hall–Kier alpha value is -3.75. The lowest BCUT2D eigenvalue weighted by Crippen LogP contribution is -2.03. The van der Waals surface area contributed by atoms with E-state index in [0.29, 0.717) is 16.7 Å². The van der Waals surface area contributed by atoms with Crippen LogP contribution >= 0.6 is 0 Å². The third-order valence-corrected chi connectivity index (χ3v) is 3.96. The minimum atomic E-state index is -1.10. The summed E-state index contributed by atoms with van der Waals surface area (Å²) in [5, 5.41) is 8.79. The maximum Gasteiger partial charge on any atom is 0.328 e. The van der Waals surface area contributed by atoms with Gasteiger partial charge in [-0.2, -0.15) is 9.78 Å². The molecule has 0 spiro atoms. The molecule has 3 aromatic rings. The summed E-state index contributed by atoms with van der Waals surface area (Å²) in [6, 6.07) is 16.0. The van der Waals surface area contributed by atoms with Crippen molar-refractivity contribution in [1.82, 2.24) is 0 Å². The van der Waals surface area contributed by atoms with Crippen LogP contribution in [0.15, 0.2) is 72.8 Å². The number of carboxylic acid groups (broad SMARTS) is 1. The molecular formula is C23H18F2O6. The lowest BCUT2D eigenvalue weighted by Gasteiger charge is -2.11. The van der Waals surface area contributed by atoms with Gasteiger partial charge in [-0.3, -0.25) is 0 Å². The second kappa shape index (κ2) is 10.9. The molecule has 160 valence electrons. The number of hydrogen-bond acceptors (Lipinski definition) is 5. The predicted octanol–water partition coefficient (Wildman–Crippen LogP) is 5.08. The summed E-state index contributed by atoms with van der Waals surface area (Å²) < 4.78 is 26.0. The molecule has 0 saturated heterocycles. The summed E-state index contributed by atoms with van der Waals surface area (Å²) in [4.78, 5) is 31.7. The predicted molar refractivity (Wildman–Crippen MR) is 107 cm³/mol. The van der Waals surface area contributed by atoms with Crippen molar-refractivity contribution in [2.45, 2.75) is 13.2 Å². The lowest BCUT2D eigenvalue weighted by atomic mass is 10.2. The van der Waals surface area contributed by atoms with Crippen molar-refractivity contribution < 1.29 is 38.2 Å². The van der Waals surface area contributed by atoms with Gasteiger partial charge in [-0.1, -0.05) is 30.3 Å². The zero-order chi connectivity index (χ0) is 22.1. The first kappa shape index (κ1) is 21.9. The summed E-state index contributed by atoms with van der Waals surface area (Å²) in [7, 11) is 0. The van der Waals surface area contributed by atoms with Crippen LogP contribution in [0.5, 0.6) is 11.5 Å². The molecule has 3 rings (SSSR count). The molecule has 0 fully saturated rings. The van der Waals surface area contributed by atoms with Crippen LogP contribution in [0, 0.1) is 11.6 Å². The van der Waals surface area contributed by atoms with Crippen LogP contribution < -0.4 is 9.78 Å². The summed E-state index contributed by atoms with van der Waals surface area (Å²) in [6.45, 7) is 0.0855. The highest BCUT2D eigenvalue weighted by atomic mass is 19.1. The molecule has 0 unspecified atom stereocenters. The number of hydrogen-bond donors (Lipinski definition) is 1. The first-order valence-corrected chi connectivity index (χ1v) is 9.12. The van der Waals surface area contributed by atoms with E-state index in [2.05, 4.69) is 0 Å². The Morgan fingerprint density at radius 2 is 1.29 bits per heavy atom. The van der Waals surface area contributed by atoms with Crippen molar-refractivity contribution in [3.63, 3.8) is 0 Å². The maximum atomic E-state index is 13.0. The Kier molecular flexibility index (Phi) is 7.69. The van der Waals surface area contributed by atoms with Crippen molar-refractivity contribution in [3.05, 3.63) is 101 Å². The fraction of sp³-hybridized carbons (Fsp3) is 0.0870. The van der Waals surface area contributed by atoms with E-state index in [-0.39, 0.29) is 36.3 Å². The van der Waals surface area contributed by atoms with Gasteiger partial charge < -0.3 is 14.9 Å². The number of benzene rings is 3. The third-order valence-electron chi connectivity index (χ3n) is 3.96. The lowest BCUT2D eigenvalue weighted by molar-refractivity contribution is -0.238. The average Bonchev–Trinajstić information content (AvgIpc) is 2.76. The second-order valence-electron chi connectivity index (χ2n) is 6.32. The van der Waals surface area contributed by atoms with Crippen LogP contribution in [-0.2, 0) is 27.8 Å². The largest absolute Gasteiger partial charge is 0.478 e. The average molecular weight is 428 g/mol. The topological polar surface area (TPSA) is 74.2 Å². The van der Waals surface area contributed by atoms with Gasteiger partial charge in [0.05, 0.1) is 0 Å². The first-order valence-electron chi connectivity index (χ1n) is 9.12. The van der Waals surface area contributed by atoms with Gasteiger partial charge in [0.25, 0.3) is 0 Å². The van der Waals surface area contributed by atoms with Gasteiger partial charge in [0, 0.05) is 6.08 Å². The molecular weight excluding hydrogens is 410 g/mol. The first-order chi connectivity index (χ1) is 15.0. The molecule has 0 bridgehead atoms. The van der Waals surface area contributed by atoms with Gasteiger partial charge >= 0.3 is 5.97 Å². The van der Waals surface area contributed by atoms with E-state index in [4.69, 9.17) is 24.7 Å². The highest BCUT2D eigenvalue weighted by Gasteiger charge is 2.10. The molecule has 0 aromatic heterocycles. The van der Waals surface area contributed by atoms with E-state index in [1.165, 1.54) is 42.5 Å². The molecule has 1 N–H and O–H groups in total. The number of halogens is 2. The Labute approximate surface area is 176 Å². The van der Waals surface area contributed by atoms with Crippen molar-refractivity contribution in [1.29, 1.82) is 0 Å². The van der Waals surface area contributed by atoms with E-state index in [0.717, 1.165) is 6.08 Å². The van der Waals surface area contributed by atoms with Gasteiger partial charge in [-0.15, -0.1) is 0 Å². The molecule has 0 atom stereocenters. The Balaban J connectivity index is 1.66. The molecule has 6 nitrogen and oxygen atoms in total. The molecule has 0 radical (unpaired) electrons. The summed E-state index contributed by atoms with van der Waals surface area (Å²) in [6.07, 6.45) is 2.35. The highest BCUT2D eigenvalue weighted by molar-refractivity contribution is 5.85. The van der Waals surface area contributed by atoms with Gasteiger partial charge in [0.15, 0.2) is 0 Å². The van der Waals surface area contributed by atoms with Gasteiger partial charge in [0.1, 0.15) is 24.8 Å². The van der Waals surface area contributed by atoms with E-state index < -0.39 is 5.97 Å². The van der Waals surface area contributed by atoms with Crippen molar-refractivity contribution in [2.75, 3.05) is 0 Å². The zero-order valence-corrected chi connectivity index (χ0v) is 16.2. The molecule has 0 amide bonds. The summed E-state index contributed by atoms with van der Waals surface area (Å²) >= 11 is 0. The Morgan fingerprint density at radius 3 is 1.81 bits per heavy atom. The summed E-state index contributed by atoms with van der Waals surface area (Å²) in [5.41, 5.74) is 1.89. The van der Waals surface area contributed by atoms with Gasteiger partial charge in [-0.25, -0.2) is 13.6 Å². The third kappa shape index (κ3) is 7.22. The molecule has 0 aliphatic heterocycles. The Bertz CT molecular complexity index is 1030. The molecule has 8 heteroatoms. The van der Waals surface area contributed by atoms with Crippen LogP contribution in [-0.4, -0.2) is 11.1 Å². The smallest absolute Gasteiger partial charge is 0.328 e. The summed E-state index contributed by atoms with van der Waals surface area (Å²) in [5.74, 6) is -1.51. The maximum absolute atomic E-state index is 13.0. The molecule has 0 aliphatic carbocycles. The van der Waals surface area contributed by atoms with E-state index in [9.17, 15) is 13.6 Å². The van der Waals surface area contributed by atoms with Gasteiger partial charge in [0.2, 0.25) is 11.5 Å². The molecule has 0 aliphatic rings. The van der Waals surface area contributed by atoms with Crippen LogP contribution in [0.2, 0.25) is 0 Å². The molecule has 3 aromatic carbocycles. The van der Waals surface area contributed by atoms with Gasteiger partial charge in [-0.05, 0) is 59.2 Å². The normalized spacial score (nSPS) is 10.9. The van der Waals surface area contributed by atoms with Crippen molar-refractivity contribution >= 4 is 12.0 Å². The Morgan fingerprint density at radius 1 is 0.774 bits per heavy atom. The fourth-order valence-electron chi connectivity index (χ4n) is 2.41. The van der Waals surface area contributed by atoms with E-state index in [1.807, 2.05) is 0 Å². The number of aliphatic carboxylic acids is 1. The zero-order valence-electron chi connectivity index (χ0n) is 16.2. The molecule has 31 heavy (non-hydrogen) atoms. The number of carboxylic acids is 1. The second-order valence-corrected chi connectivity index (χ2v) is 6.32. The number of carbonyl (C=O) groups is 1. The standard InChI is InChI=1S/C23H18F2O6/c24-19-7-1-17(2-8-19)14-28-30-21-11-5-16(6-12-23(26)27)13-22(21)31-29-15-18-3-9-20(25)10-4-18/h1-13H,14-15H2,(H,26,27). The van der Waals surface area contributed by atoms with E-state index in [1.54, 1.807) is 30.3 Å². The van der Waals surface area contributed by atoms with Crippen LogP contribution in [0.3, 0.4) is 0 Å².